The van der Waals surface area contributed by atoms with Gasteiger partial charge in [0.25, 0.3) is 0 Å². The number of hydrogen-bond donors (Lipinski definition) is 1. The van der Waals surface area contributed by atoms with Crippen molar-refractivity contribution in [2.45, 2.75) is 37.6 Å². The van der Waals surface area contributed by atoms with Gasteiger partial charge in [0.1, 0.15) is 5.82 Å². The number of rotatable bonds is 1. The third-order valence-corrected chi connectivity index (χ3v) is 3.26. The zero-order chi connectivity index (χ0) is 11.7. The van der Waals surface area contributed by atoms with Gasteiger partial charge in [-0.3, -0.25) is 0 Å². The van der Waals surface area contributed by atoms with Crippen LogP contribution in [0.3, 0.4) is 0 Å². The molecule has 2 atom stereocenters. The van der Waals surface area contributed by atoms with Crippen molar-refractivity contribution in [1.82, 2.24) is 0 Å². The molecule has 0 spiro atoms. The standard InChI is InChI=1S/C12H14F3N/c13-9-6-11(15)10(14)5-8(9)7-3-1-2-4-12(7)16/h5-7,12H,1-4,16H2. The van der Waals surface area contributed by atoms with Crippen LogP contribution < -0.4 is 5.73 Å². The quantitative estimate of drug-likeness (QED) is 0.736. The summed E-state index contributed by atoms with van der Waals surface area (Å²) in [6, 6.07) is 1.39. The van der Waals surface area contributed by atoms with E-state index >= 15 is 0 Å². The zero-order valence-corrected chi connectivity index (χ0v) is 8.85. The molecule has 0 amide bonds. The van der Waals surface area contributed by atoms with E-state index in [1.165, 1.54) is 0 Å². The molecular weight excluding hydrogens is 215 g/mol. The van der Waals surface area contributed by atoms with Gasteiger partial charge in [-0.05, 0) is 24.5 Å². The summed E-state index contributed by atoms with van der Waals surface area (Å²) >= 11 is 0. The largest absolute Gasteiger partial charge is 0.327 e. The molecule has 2 unspecified atom stereocenters. The molecule has 1 aromatic carbocycles. The Kier molecular flexibility index (Phi) is 3.19. The fraction of sp³-hybridized carbons (Fsp3) is 0.500. The molecule has 1 fully saturated rings. The van der Waals surface area contributed by atoms with Gasteiger partial charge in [-0.25, -0.2) is 13.2 Å². The predicted molar refractivity (Wildman–Crippen MR) is 55.5 cm³/mol. The molecule has 0 aromatic heterocycles. The minimum atomic E-state index is -1.15. The lowest BCUT2D eigenvalue weighted by atomic mass is 9.80. The van der Waals surface area contributed by atoms with Gasteiger partial charge in [-0.2, -0.15) is 0 Å². The second kappa shape index (κ2) is 4.45. The number of nitrogens with two attached hydrogens (primary N) is 1. The summed E-state index contributed by atoms with van der Waals surface area (Å²) in [6.45, 7) is 0. The Morgan fingerprint density at radius 2 is 1.56 bits per heavy atom. The van der Waals surface area contributed by atoms with E-state index in [-0.39, 0.29) is 17.5 Å². The molecule has 0 saturated heterocycles. The molecule has 0 aliphatic heterocycles. The summed E-state index contributed by atoms with van der Waals surface area (Å²) < 4.78 is 39.4. The van der Waals surface area contributed by atoms with Gasteiger partial charge >= 0.3 is 0 Å². The molecule has 1 aliphatic rings. The van der Waals surface area contributed by atoms with E-state index in [1.54, 1.807) is 0 Å². The van der Waals surface area contributed by atoms with Crippen molar-refractivity contribution in [3.05, 3.63) is 35.1 Å². The van der Waals surface area contributed by atoms with Crippen molar-refractivity contribution in [2.75, 3.05) is 0 Å². The molecule has 1 nitrogen and oxygen atoms in total. The van der Waals surface area contributed by atoms with Gasteiger partial charge in [0, 0.05) is 18.0 Å². The highest BCUT2D eigenvalue weighted by Gasteiger charge is 2.26. The Labute approximate surface area is 92.5 Å². The highest BCUT2D eigenvalue weighted by Crippen LogP contribution is 2.34. The van der Waals surface area contributed by atoms with Crippen molar-refractivity contribution in [3.63, 3.8) is 0 Å². The Morgan fingerprint density at radius 1 is 0.938 bits per heavy atom. The maximum Gasteiger partial charge on any atom is 0.161 e. The highest BCUT2D eigenvalue weighted by molar-refractivity contribution is 5.25. The summed E-state index contributed by atoms with van der Waals surface area (Å²) in [4.78, 5) is 0. The topological polar surface area (TPSA) is 26.0 Å². The molecule has 2 rings (SSSR count). The molecule has 2 N–H and O–H groups in total. The smallest absolute Gasteiger partial charge is 0.161 e. The fourth-order valence-corrected chi connectivity index (χ4v) is 2.37. The minimum Gasteiger partial charge on any atom is -0.327 e. The second-order valence-electron chi connectivity index (χ2n) is 4.34. The lowest BCUT2D eigenvalue weighted by Gasteiger charge is -2.29. The molecule has 4 heteroatoms. The van der Waals surface area contributed by atoms with E-state index in [9.17, 15) is 13.2 Å². The zero-order valence-electron chi connectivity index (χ0n) is 8.85. The Bertz CT molecular complexity index is 392. The lowest BCUT2D eigenvalue weighted by molar-refractivity contribution is 0.372. The predicted octanol–water partition coefficient (Wildman–Crippen LogP) is 3.09. The summed E-state index contributed by atoms with van der Waals surface area (Å²) in [5.74, 6) is -3.04. The normalized spacial score (nSPS) is 25.8. The van der Waals surface area contributed by atoms with Crippen molar-refractivity contribution >= 4 is 0 Å². The van der Waals surface area contributed by atoms with Crippen LogP contribution in [0.4, 0.5) is 13.2 Å². The van der Waals surface area contributed by atoms with E-state index in [4.69, 9.17) is 5.73 Å². The van der Waals surface area contributed by atoms with E-state index in [0.29, 0.717) is 6.07 Å². The molecule has 88 valence electrons. The van der Waals surface area contributed by atoms with Gasteiger partial charge in [0.05, 0.1) is 0 Å². The second-order valence-corrected chi connectivity index (χ2v) is 4.34. The minimum absolute atomic E-state index is 0.159. The Balaban J connectivity index is 2.35. The number of halogens is 3. The van der Waals surface area contributed by atoms with Gasteiger partial charge in [-0.1, -0.05) is 12.8 Å². The average molecular weight is 229 g/mol. The van der Waals surface area contributed by atoms with E-state index in [2.05, 4.69) is 0 Å². The van der Waals surface area contributed by atoms with Crippen LogP contribution in [-0.4, -0.2) is 6.04 Å². The molecule has 0 heterocycles. The van der Waals surface area contributed by atoms with Crippen LogP contribution >= 0.6 is 0 Å². The average Bonchev–Trinajstić information content (AvgIpc) is 2.25. The summed E-state index contributed by atoms with van der Waals surface area (Å²) in [5, 5.41) is 0. The summed E-state index contributed by atoms with van der Waals surface area (Å²) in [6.07, 6.45) is 3.52. The van der Waals surface area contributed by atoms with Gasteiger partial charge in [0.2, 0.25) is 0 Å². The maximum absolute atomic E-state index is 13.5. The highest BCUT2D eigenvalue weighted by atomic mass is 19.2. The van der Waals surface area contributed by atoms with Crippen molar-refractivity contribution in [1.29, 1.82) is 0 Å². The SMILES string of the molecule is NC1CCCCC1c1cc(F)c(F)cc1F. The number of hydrogen-bond acceptors (Lipinski definition) is 1. The third kappa shape index (κ3) is 2.07. The molecule has 16 heavy (non-hydrogen) atoms. The monoisotopic (exact) mass is 229 g/mol. The molecular formula is C12H14F3N. The van der Waals surface area contributed by atoms with E-state index in [0.717, 1.165) is 31.7 Å². The summed E-state index contributed by atoms with van der Waals surface area (Å²) in [7, 11) is 0. The van der Waals surface area contributed by atoms with Crippen LogP contribution in [-0.2, 0) is 0 Å². The van der Waals surface area contributed by atoms with Crippen LogP contribution in [0, 0.1) is 17.5 Å². The number of benzene rings is 1. The van der Waals surface area contributed by atoms with E-state index < -0.39 is 17.5 Å². The van der Waals surface area contributed by atoms with Crippen molar-refractivity contribution in [3.8, 4) is 0 Å². The maximum atomic E-state index is 13.5. The molecule has 0 radical (unpaired) electrons. The van der Waals surface area contributed by atoms with E-state index in [1.807, 2.05) is 0 Å². The van der Waals surface area contributed by atoms with Gasteiger partial charge in [0.15, 0.2) is 11.6 Å². The van der Waals surface area contributed by atoms with Crippen molar-refractivity contribution in [2.24, 2.45) is 5.73 Å². The Hall–Kier alpha value is -1.03. The first-order valence-corrected chi connectivity index (χ1v) is 5.49. The van der Waals surface area contributed by atoms with Crippen LogP contribution in [0.1, 0.15) is 37.2 Å². The van der Waals surface area contributed by atoms with Crippen LogP contribution in [0.5, 0.6) is 0 Å². The first-order valence-electron chi connectivity index (χ1n) is 5.49. The first kappa shape index (κ1) is 11.5. The van der Waals surface area contributed by atoms with Crippen LogP contribution in [0.25, 0.3) is 0 Å². The first-order chi connectivity index (χ1) is 7.59. The van der Waals surface area contributed by atoms with Gasteiger partial charge < -0.3 is 5.73 Å². The fourth-order valence-electron chi connectivity index (χ4n) is 2.37. The molecule has 1 aliphatic carbocycles. The molecule has 1 aromatic rings. The van der Waals surface area contributed by atoms with Gasteiger partial charge in [-0.15, -0.1) is 0 Å². The summed E-state index contributed by atoms with van der Waals surface area (Å²) in [5.41, 5.74) is 6.10. The van der Waals surface area contributed by atoms with Crippen LogP contribution in [0.15, 0.2) is 12.1 Å². The lowest BCUT2D eigenvalue weighted by Crippen LogP contribution is -2.32. The third-order valence-electron chi connectivity index (χ3n) is 3.26. The molecule has 1 saturated carbocycles. The van der Waals surface area contributed by atoms with Crippen LogP contribution in [0.2, 0.25) is 0 Å². The van der Waals surface area contributed by atoms with Crippen molar-refractivity contribution < 1.29 is 13.2 Å². The Morgan fingerprint density at radius 3 is 2.25 bits per heavy atom. The molecule has 0 bridgehead atoms.